The fourth-order valence-corrected chi connectivity index (χ4v) is 2.06. The van der Waals surface area contributed by atoms with E-state index in [0.29, 0.717) is 17.8 Å². The molecule has 110 valence electrons. The number of hydrogen-bond donors (Lipinski definition) is 2. The molecule has 0 radical (unpaired) electrons. The van der Waals surface area contributed by atoms with Crippen LogP contribution in [0, 0.1) is 0 Å². The maximum atomic E-state index is 11.3. The molecule has 0 saturated heterocycles. The van der Waals surface area contributed by atoms with Crippen molar-refractivity contribution in [2.75, 3.05) is 6.54 Å². The van der Waals surface area contributed by atoms with Crippen LogP contribution in [0.4, 0.5) is 4.79 Å². The van der Waals surface area contributed by atoms with Crippen molar-refractivity contribution in [1.82, 2.24) is 5.32 Å². The predicted octanol–water partition coefficient (Wildman–Crippen LogP) is 3.37. The molecule has 5 nitrogen and oxygen atoms in total. The van der Waals surface area contributed by atoms with Gasteiger partial charge in [-0.15, -0.1) is 11.3 Å². The summed E-state index contributed by atoms with van der Waals surface area (Å²) in [6.45, 7) is 5.90. The van der Waals surface area contributed by atoms with E-state index in [4.69, 9.17) is 9.84 Å². The quantitative estimate of drug-likeness (QED) is 0.817. The lowest BCUT2D eigenvalue weighted by atomic mass is 10.2. The first-order valence-electron chi connectivity index (χ1n) is 6.23. The van der Waals surface area contributed by atoms with E-state index < -0.39 is 17.7 Å². The highest BCUT2D eigenvalue weighted by Gasteiger charge is 2.15. The molecule has 1 heterocycles. The molecule has 0 fully saturated rings. The van der Waals surface area contributed by atoms with Crippen molar-refractivity contribution in [3.63, 3.8) is 0 Å². The maximum Gasteiger partial charge on any atom is 0.407 e. The zero-order valence-electron chi connectivity index (χ0n) is 11.8. The highest BCUT2D eigenvalue weighted by Crippen LogP contribution is 2.15. The van der Waals surface area contributed by atoms with Crippen molar-refractivity contribution in [3.05, 3.63) is 28.0 Å². The molecule has 0 bridgehead atoms. The second-order valence-corrected chi connectivity index (χ2v) is 6.08. The molecule has 0 atom stereocenters. The van der Waals surface area contributed by atoms with Crippen LogP contribution in [0.5, 0.6) is 0 Å². The van der Waals surface area contributed by atoms with Crippen molar-refractivity contribution in [1.29, 1.82) is 0 Å². The minimum absolute atomic E-state index is 0.316. The van der Waals surface area contributed by atoms with Gasteiger partial charge in [-0.05, 0) is 44.2 Å². The third-order valence-electron chi connectivity index (χ3n) is 2.12. The first-order chi connectivity index (χ1) is 9.28. The Bertz CT molecular complexity index is 500. The van der Waals surface area contributed by atoms with Gasteiger partial charge in [-0.2, -0.15) is 0 Å². The van der Waals surface area contributed by atoms with E-state index in [1.807, 2.05) is 32.9 Å². The SMILES string of the molecule is CC(C)(C)OC(=O)NCCC=Cc1csc(C(=O)O)c1. The number of thiophene rings is 1. The van der Waals surface area contributed by atoms with Crippen LogP contribution in [0.25, 0.3) is 6.08 Å². The molecule has 0 aliphatic heterocycles. The lowest BCUT2D eigenvalue weighted by Crippen LogP contribution is -2.32. The molecule has 0 aliphatic carbocycles. The average molecular weight is 297 g/mol. The van der Waals surface area contributed by atoms with Crippen molar-refractivity contribution in [2.24, 2.45) is 0 Å². The summed E-state index contributed by atoms with van der Waals surface area (Å²) in [7, 11) is 0. The molecule has 20 heavy (non-hydrogen) atoms. The lowest BCUT2D eigenvalue weighted by molar-refractivity contribution is 0.0528. The maximum absolute atomic E-state index is 11.3. The zero-order chi connectivity index (χ0) is 15.2. The molecule has 1 aromatic rings. The molecule has 0 unspecified atom stereocenters. The molecule has 0 aliphatic rings. The van der Waals surface area contributed by atoms with Crippen molar-refractivity contribution in [3.8, 4) is 0 Å². The summed E-state index contributed by atoms with van der Waals surface area (Å²) in [6, 6.07) is 1.62. The Balaban J connectivity index is 2.28. The van der Waals surface area contributed by atoms with Gasteiger partial charge in [0, 0.05) is 6.54 Å². The van der Waals surface area contributed by atoms with Gasteiger partial charge < -0.3 is 15.2 Å². The van der Waals surface area contributed by atoms with Crippen molar-refractivity contribution in [2.45, 2.75) is 32.8 Å². The van der Waals surface area contributed by atoms with E-state index in [2.05, 4.69) is 5.32 Å². The van der Waals surface area contributed by atoms with E-state index in [1.54, 1.807) is 11.4 Å². The number of ether oxygens (including phenoxy) is 1. The molecule has 2 N–H and O–H groups in total. The van der Waals surface area contributed by atoms with E-state index in [0.717, 1.165) is 5.56 Å². The van der Waals surface area contributed by atoms with Crippen LogP contribution in [0.3, 0.4) is 0 Å². The smallest absolute Gasteiger partial charge is 0.407 e. The highest BCUT2D eigenvalue weighted by atomic mass is 32.1. The second kappa shape index (κ2) is 7.09. The Morgan fingerprint density at radius 3 is 2.70 bits per heavy atom. The van der Waals surface area contributed by atoms with Gasteiger partial charge in [0.15, 0.2) is 0 Å². The lowest BCUT2D eigenvalue weighted by Gasteiger charge is -2.19. The van der Waals surface area contributed by atoms with Gasteiger partial charge >= 0.3 is 12.1 Å². The monoisotopic (exact) mass is 297 g/mol. The summed E-state index contributed by atoms with van der Waals surface area (Å²) >= 11 is 1.19. The highest BCUT2D eigenvalue weighted by molar-refractivity contribution is 7.12. The van der Waals surface area contributed by atoms with Gasteiger partial charge in [-0.3, -0.25) is 0 Å². The molecule has 1 rings (SSSR count). The van der Waals surface area contributed by atoms with Crippen LogP contribution in [0.2, 0.25) is 0 Å². The third kappa shape index (κ3) is 6.38. The van der Waals surface area contributed by atoms with Crippen LogP contribution in [-0.2, 0) is 4.74 Å². The normalized spacial score (nSPS) is 11.6. The standard InChI is InChI=1S/C14H19NO4S/c1-14(2,3)19-13(18)15-7-5-4-6-10-8-11(12(16)17)20-9-10/h4,6,8-9H,5,7H2,1-3H3,(H,15,18)(H,16,17). The Labute approximate surface area is 122 Å². The first kappa shape index (κ1) is 16.2. The number of carboxylic acids is 1. The predicted molar refractivity (Wildman–Crippen MR) is 79.2 cm³/mol. The number of alkyl carbamates (subject to hydrolysis) is 1. The molecular formula is C14H19NO4S. The number of hydrogen-bond acceptors (Lipinski definition) is 4. The molecule has 1 amide bonds. The largest absolute Gasteiger partial charge is 0.477 e. The summed E-state index contributed by atoms with van der Waals surface area (Å²) in [6.07, 6.45) is 3.93. The van der Waals surface area contributed by atoms with Gasteiger partial charge in [-0.25, -0.2) is 9.59 Å². The Hall–Kier alpha value is -1.82. The Morgan fingerprint density at radius 1 is 1.45 bits per heavy atom. The molecule has 1 aromatic heterocycles. The molecular weight excluding hydrogens is 278 g/mol. The third-order valence-corrected chi connectivity index (χ3v) is 3.06. The summed E-state index contributed by atoms with van der Waals surface area (Å²) < 4.78 is 5.09. The second-order valence-electron chi connectivity index (χ2n) is 5.17. The van der Waals surface area contributed by atoms with E-state index in [1.165, 1.54) is 11.3 Å². The minimum Gasteiger partial charge on any atom is -0.477 e. The topological polar surface area (TPSA) is 75.6 Å². The Morgan fingerprint density at radius 2 is 2.15 bits per heavy atom. The first-order valence-corrected chi connectivity index (χ1v) is 7.11. The number of nitrogens with one attached hydrogen (secondary N) is 1. The van der Waals surface area contributed by atoms with Crippen LogP contribution in [0.1, 0.15) is 42.4 Å². The summed E-state index contributed by atoms with van der Waals surface area (Å²) in [5.74, 6) is -0.916. The van der Waals surface area contributed by atoms with Gasteiger partial charge in [-0.1, -0.05) is 12.2 Å². The number of amides is 1. The van der Waals surface area contributed by atoms with Crippen molar-refractivity contribution >= 4 is 29.5 Å². The van der Waals surface area contributed by atoms with Gasteiger partial charge in [0.05, 0.1) is 0 Å². The average Bonchev–Trinajstić information content (AvgIpc) is 2.75. The number of aromatic carboxylic acids is 1. The van der Waals surface area contributed by atoms with E-state index >= 15 is 0 Å². The van der Waals surface area contributed by atoms with Crippen LogP contribution < -0.4 is 5.32 Å². The molecule has 6 heteroatoms. The number of carbonyl (C=O) groups is 2. The van der Waals surface area contributed by atoms with Gasteiger partial charge in [0.1, 0.15) is 10.5 Å². The molecule has 0 aromatic carbocycles. The minimum atomic E-state index is -0.916. The van der Waals surface area contributed by atoms with Crippen molar-refractivity contribution < 1.29 is 19.4 Å². The Kier molecular flexibility index (Phi) is 5.76. The van der Waals surface area contributed by atoms with Crippen LogP contribution in [-0.4, -0.2) is 29.3 Å². The van der Waals surface area contributed by atoms with E-state index in [-0.39, 0.29) is 0 Å². The summed E-state index contributed by atoms with van der Waals surface area (Å²) in [4.78, 5) is 22.4. The summed E-state index contributed by atoms with van der Waals surface area (Å²) in [5.41, 5.74) is 0.355. The fourth-order valence-electron chi connectivity index (χ4n) is 1.34. The van der Waals surface area contributed by atoms with Crippen LogP contribution in [0.15, 0.2) is 17.5 Å². The number of carbonyl (C=O) groups excluding carboxylic acids is 1. The molecule has 0 spiro atoms. The fraction of sp³-hybridized carbons (Fsp3) is 0.429. The van der Waals surface area contributed by atoms with Gasteiger partial charge in [0.2, 0.25) is 0 Å². The molecule has 0 saturated carbocycles. The number of carboxylic acid groups (broad SMARTS) is 1. The summed E-state index contributed by atoms with van der Waals surface area (Å²) in [5, 5.41) is 13.2. The number of rotatable bonds is 5. The van der Waals surface area contributed by atoms with Crippen LogP contribution >= 0.6 is 11.3 Å². The van der Waals surface area contributed by atoms with Gasteiger partial charge in [0.25, 0.3) is 0 Å². The van der Waals surface area contributed by atoms with E-state index in [9.17, 15) is 9.59 Å². The zero-order valence-corrected chi connectivity index (χ0v) is 12.6.